The number of sulfone groups is 1. The van der Waals surface area contributed by atoms with E-state index in [-0.39, 0.29) is 26.7 Å². The van der Waals surface area contributed by atoms with Crippen LogP contribution in [0.2, 0.25) is 0 Å². The van der Waals surface area contributed by atoms with Gasteiger partial charge < -0.3 is 0 Å². The summed E-state index contributed by atoms with van der Waals surface area (Å²) in [6, 6.07) is 11.0. The van der Waals surface area contributed by atoms with Gasteiger partial charge in [-0.25, -0.2) is 8.42 Å². The SMILES string of the molecule is O=C1c2ccccc2S(=O)(=O)c2cccc(Br)c21. The maximum atomic E-state index is 12.4. The van der Waals surface area contributed by atoms with Gasteiger partial charge in [0, 0.05) is 10.0 Å². The maximum Gasteiger partial charge on any atom is 0.208 e. The second-order valence-electron chi connectivity index (χ2n) is 3.94. The Morgan fingerprint density at radius 2 is 1.56 bits per heavy atom. The molecule has 3 nitrogen and oxygen atoms in total. The lowest BCUT2D eigenvalue weighted by molar-refractivity contribution is 0.103. The monoisotopic (exact) mass is 322 g/mol. The predicted octanol–water partition coefficient (Wildman–Crippen LogP) is 2.83. The summed E-state index contributed by atoms with van der Waals surface area (Å²) in [7, 11) is -3.61. The van der Waals surface area contributed by atoms with E-state index in [9.17, 15) is 13.2 Å². The third-order valence-electron chi connectivity index (χ3n) is 2.91. The molecule has 0 aliphatic carbocycles. The lowest BCUT2D eigenvalue weighted by Crippen LogP contribution is -2.20. The molecule has 90 valence electrons. The molecule has 1 aliphatic rings. The smallest absolute Gasteiger partial charge is 0.208 e. The summed E-state index contributed by atoms with van der Waals surface area (Å²) < 4.78 is 25.3. The van der Waals surface area contributed by atoms with Gasteiger partial charge >= 0.3 is 0 Å². The highest BCUT2D eigenvalue weighted by atomic mass is 79.9. The summed E-state index contributed by atoms with van der Waals surface area (Å²) >= 11 is 3.24. The summed E-state index contributed by atoms with van der Waals surface area (Å²) in [6.07, 6.45) is 0. The van der Waals surface area contributed by atoms with Gasteiger partial charge in [-0.05, 0) is 40.2 Å². The van der Waals surface area contributed by atoms with Crippen molar-refractivity contribution < 1.29 is 13.2 Å². The van der Waals surface area contributed by atoms with E-state index in [4.69, 9.17) is 0 Å². The zero-order chi connectivity index (χ0) is 12.9. The van der Waals surface area contributed by atoms with E-state index in [0.717, 1.165) is 0 Å². The molecule has 0 saturated carbocycles. The van der Waals surface area contributed by atoms with Gasteiger partial charge in [-0.15, -0.1) is 0 Å². The summed E-state index contributed by atoms with van der Waals surface area (Å²) in [4.78, 5) is 12.5. The van der Waals surface area contributed by atoms with Crippen molar-refractivity contribution in [1.82, 2.24) is 0 Å². The van der Waals surface area contributed by atoms with Crippen LogP contribution in [0, 0.1) is 0 Å². The number of benzene rings is 2. The van der Waals surface area contributed by atoms with Crippen molar-refractivity contribution >= 4 is 31.6 Å². The van der Waals surface area contributed by atoms with Crippen LogP contribution in [0.15, 0.2) is 56.7 Å². The van der Waals surface area contributed by atoms with Gasteiger partial charge in [0.2, 0.25) is 9.84 Å². The number of carbonyl (C=O) groups excluding carboxylic acids is 1. The highest BCUT2D eigenvalue weighted by Gasteiger charge is 2.35. The Kier molecular flexibility index (Phi) is 2.43. The topological polar surface area (TPSA) is 51.2 Å². The number of hydrogen-bond donors (Lipinski definition) is 0. The zero-order valence-corrected chi connectivity index (χ0v) is 11.5. The van der Waals surface area contributed by atoms with Crippen LogP contribution in [-0.2, 0) is 9.84 Å². The lowest BCUT2D eigenvalue weighted by Gasteiger charge is -2.19. The van der Waals surface area contributed by atoms with Crippen molar-refractivity contribution in [2.45, 2.75) is 9.79 Å². The molecule has 0 N–H and O–H groups in total. The van der Waals surface area contributed by atoms with Crippen LogP contribution in [0.4, 0.5) is 0 Å². The lowest BCUT2D eigenvalue weighted by atomic mass is 10.0. The Morgan fingerprint density at radius 3 is 2.33 bits per heavy atom. The molecular formula is C13H7BrO3S. The Bertz CT molecular complexity index is 779. The van der Waals surface area contributed by atoms with Crippen LogP contribution < -0.4 is 0 Å². The fraction of sp³-hybridized carbons (Fsp3) is 0. The molecule has 0 fully saturated rings. The van der Waals surface area contributed by atoms with E-state index >= 15 is 0 Å². The van der Waals surface area contributed by atoms with Crippen LogP contribution in [0.1, 0.15) is 15.9 Å². The first kappa shape index (κ1) is 11.6. The molecule has 0 unspecified atom stereocenters. The molecule has 1 aliphatic heterocycles. The largest absolute Gasteiger partial charge is 0.288 e. The zero-order valence-electron chi connectivity index (χ0n) is 9.05. The van der Waals surface area contributed by atoms with E-state index in [0.29, 0.717) is 4.47 Å². The van der Waals surface area contributed by atoms with Gasteiger partial charge in [-0.2, -0.15) is 0 Å². The fourth-order valence-electron chi connectivity index (χ4n) is 2.09. The predicted molar refractivity (Wildman–Crippen MR) is 69.5 cm³/mol. The first-order chi connectivity index (χ1) is 8.53. The van der Waals surface area contributed by atoms with E-state index in [2.05, 4.69) is 15.9 Å². The number of rotatable bonds is 0. The van der Waals surface area contributed by atoms with Crippen molar-refractivity contribution in [1.29, 1.82) is 0 Å². The van der Waals surface area contributed by atoms with Gasteiger partial charge in [-0.1, -0.05) is 18.2 Å². The standard InChI is InChI=1S/C13H7BrO3S/c14-9-5-3-7-11-12(9)13(15)8-4-1-2-6-10(8)18(11,16)17/h1-7H. The average Bonchev–Trinajstić information content (AvgIpc) is 2.36. The van der Waals surface area contributed by atoms with Crippen molar-refractivity contribution in [3.05, 3.63) is 58.1 Å². The molecule has 0 saturated heterocycles. The van der Waals surface area contributed by atoms with Gasteiger partial charge in [0.25, 0.3) is 0 Å². The van der Waals surface area contributed by atoms with Gasteiger partial charge in [0.05, 0.1) is 15.4 Å². The second kappa shape index (κ2) is 3.76. The molecule has 0 radical (unpaired) electrons. The number of halogens is 1. The van der Waals surface area contributed by atoms with E-state index in [1.54, 1.807) is 24.3 Å². The fourth-order valence-corrected chi connectivity index (χ4v) is 4.44. The number of hydrogen-bond acceptors (Lipinski definition) is 3. The molecule has 2 aromatic carbocycles. The van der Waals surface area contributed by atoms with Crippen LogP contribution in [0.25, 0.3) is 0 Å². The average molecular weight is 323 g/mol. The molecule has 2 aromatic rings. The van der Waals surface area contributed by atoms with Crippen LogP contribution in [0.3, 0.4) is 0 Å². The Morgan fingerprint density at radius 1 is 0.889 bits per heavy atom. The molecule has 3 rings (SSSR count). The van der Waals surface area contributed by atoms with Crippen molar-refractivity contribution in [2.24, 2.45) is 0 Å². The quantitative estimate of drug-likeness (QED) is 0.639. The summed E-state index contributed by atoms with van der Waals surface area (Å²) in [6.45, 7) is 0. The van der Waals surface area contributed by atoms with Crippen molar-refractivity contribution in [3.63, 3.8) is 0 Å². The molecule has 18 heavy (non-hydrogen) atoms. The number of fused-ring (bicyclic) bond motifs is 2. The number of carbonyl (C=O) groups is 1. The highest BCUT2D eigenvalue weighted by Crippen LogP contribution is 2.37. The van der Waals surface area contributed by atoms with E-state index in [1.165, 1.54) is 18.2 Å². The van der Waals surface area contributed by atoms with Crippen LogP contribution in [-0.4, -0.2) is 14.2 Å². The minimum atomic E-state index is -3.61. The second-order valence-corrected chi connectivity index (χ2v) is 6.68. The maximum absolute atomic E-state index is 12.4. The van der Waals surface area contributed by atoms with Crippen molar-refractivity contribution in [2.75, 3.05) is 0 Å². The Labute approximate surface area is 113 Å². The molecule has 0 atom stereocenters. The third-order valence-corrected chi connectivity index (χ3v) is 5.43. The molecular weight excluding hydrogens is 316 g/mol. The minimum absolute atomic E-state index is 0.0700. The van der Waals surface area contributed by atoms with Crippen LogP contribution in [0.5, 0.6) is 0 Å². The summed E-state index contributed by atoms with van der Waals surface area (Å²) in [5.74, 6) is -0.261. The first-order valence-electron chi connectivity index (χ1n) is 5.21. The Balaban J connectivity index is 2.49. The molecule has 0 amide bonds. The molecule has 0 aromatic heterocycles. The molecule has 1 heterocycles. The molecule has 5 heteroatoms. The van der Waals surface area contributed by atoms with E-state index < -0.39 is 9.84 Å². The molecule has 0 bridgehead atoms. The van der Waals surface area contributed by atoms with Gasteiger partial charge in [-0.3, -0.25) is 4.79 Å². The first-order valence-corrected chi connectivity index (χ1v) is 7.48. The van der Waals surface area contributed by atoms with Gasteiger partial charge in [0.1, 0.15) is 0 Å². The van der Waals surface area contributed by atoms with Crippen LogP contribution >= 0.6 is 15.9 Å². The molecule has 0 spiro atoms. The third kappa shape index (κ3) is 1.41. The minimum Gasteiger partial charge on any atom is -0.288 e. The normalized spacial score (nSPS) is 15.9. The summed E-state index contributed by atoms with van der Waals surface area (Å²) in [5.41, 5.74) is 0.452. The Hall–Kier alpha value is -1.46. The summed E-state index contributed by atoms with van der Waals surface area (Å²) in [5, 5.41) is 0. The van der Waals surface area contributed by atoms with E-state index in [1.807, 2.05) is 0 Å². The highest BCUT2D eigenvalue weighted by molar-refractivity contribution is 9.10. The number of ketones is 1. The van der Waals surface area contributed by atoms with Gasteiger partial charge in [0.15, 0.2) is 5.78 Å². The van der Waals surface area contributed by atoms with Crippen molar-refractivity contribution in [3.8, 4) is 0 Å².